The molecule has 3 rings (SSSR count). The lowest BCUT2D eigenvalue weighted by molar-refractivity contribution is 0.102. The molecule has 140 valence electrons. The molecule has 0 radical (unpaired) electrons. The average Bonchev–Trinajstić information content (AvgIpc) is 3.16. The number of anilines is 1. The molecule has 0 atom stereocenters. The number of aromatic nitrogens is 2. The molecule has 0 saturated carbocycles. The monoisotopic (exact) mass is 364 g/mol. The van der Waals surface area contributed by atoms with Crippen LogP contribution in [-0.2, 0) is 6.54 Å². The number of hydrogen-bond donors (Lipinski definition) is 1. The SMILES string of the molecule is CN(C)CCOc1ccc(NC(=O)c2ccc(Cn3cccn3)cc2)cc1. The Hall–Kier alpha value is -3.12. The number of carbonyl (C=O) groups excluding carboxylic acids is 1. The van der Waals surface area contributed by atoms with Crippen LogP contribution < -0.4 is 10.1 Å². The first kappa shape index (κ1) is 18.7. The van der Waals surface area contributed by atoms with Gasteiger partial charge in [-0.05, 0) is 62.1 Å². The molecule has 6 heteroatoms. The van der Waals surface area contributed by atoms with Crippen molar-refractivity contribution in [2.24, 2.45) is 0 Å². The first-order valence-corrected chi connectivity index (χ1v) is 8.85. The molecule has 1 heterocycles. The molecule has 0 aliphatic carbocycles. The molecule has 6 nitrogen and oxygen atoms in total. The Morgan fingerprint density at radius 1 is 1.11 bits per heavy atom. The van der Waals surface area contributed by atoms with E-state index in [9.17, 15) is 4.79 Å². The summed E-state index contributed by atoms with van der Waals surface area (Å²) in [5, 5.41) is 7.09. The highest BCUT2D eigenvalue weighted by molar-refractivity contribution is 6.04. The van der Waals surface area contributed by atoms with Gasteiger partial charge >= 0.3 is 0 Å². The van der Waals surface area contributed by atoms with E-state index in [0.29, 0.717) is 18.7 Å². The van der Waals surface area contributed by atoms with E-state index in [2.05, 4.69) is 15.3 Å². The average molecular weight is 364 g/mol. The maximum Gasteiger partial charge on any atom is 0.255 e. The van der Waals surface area contributed by atoms with Gasteiger partial charge in [-0.15, -0.1) is 0 Å². The van der Waals surface area contributed by atoms with Gasteiger partial charge in [0.25, 0.3) is 5.91 Å². The smallest absolute Gasteiger partial charge is 0.255 e. The number of hydrogen-bond acceptors (Lipinski definition) is 4. The third-order valence-corrected chi connectivity index (χ3v) is 4.04. The fourth-order valence-corrected chi connectivity index (χ4v) is 2.53. The van der Waals surface area contributed by atoms with Crippen LogP contribution >= 0.6 is 0 Å². The number of nitrogens with one attached hydrogen (secondary N) is 1. The number of rotatable bonds is 8. The number of amides is 1. The minimum absolute atomic E-state index is 0.137. The van der Waals surface area contributed by atoms with Crippen LogP contribution in [0.2, 0.25) is 0 Å². The normalized spacial score (nSPS) is 10.8. The molecule has 0 aliphatic rings. The van der Waals surface area contributed by atoms with Crippen LogP contribution in [-0.4, -0.2) is 47.8 Å². The molecule has 0 aliphatic heterocycles. The Kier molecular flexibility index (Phi) is 6.22. The summed E-state index contributed by atoms with van der Waals surface area (Å²) in [7, 11) is 4.01. The van der Waals surface area contributed by atoms with E-state index in [-0.39, 0.29) is 5.91 Å². The summed E-state index contributed by atoms with van der Waals surface area (Å²) < 4.78 is 7.50. The molecular weight excluding hydrogens is 340 g/mol. The van der Waals surface area contributed by atoms with Crippen molar-refractivity contribution in [1.82, 2.24) is 14.7 Å². The van der Waals surface area contributed by atoms with Crippen molar-refractivity contribution in [3.05, 3.63) is 78.1 Å². The van der Waals surface area contributed by atoms with Crippen molar-refractivity contribution in [1.29, 1.82) is 0 Å². The van der Waals surface area contributed by atoms with Crippen LogP contribution in [0.25, 0.3) is 0 Å². The van der Waals surface area contributed by atoms with Gasteiger partial charge in [-0.3, -0.25) is 9.48 Å². The van der Waals surface area contributed by atoms with E-state index in [1.807, 2.05) is 79.6 Å². The van der Waals surface area contributed by atoms with Crippen LogP contribution in [0.1, 0.15) is 15.9 Å². The Bertz CT molecular complexity index is 841. The molecule has 0 spiro atoms. The third-order valence-electron chi connectivity index (χ3n) is 4.04. The number of nitrogens with zero attached hydrogens (tertiary/aromatic N) is 3. The fraction of sp³-hybridized carbons (Fsp3) is 0.238. The van der Waals surface area contributed by atoms with Crippen molar-refractivity contribution < 1.29 is 9.53 Å². The second-order valence-corrected chi connectivity index (χ2v) is 6.53. The third kappa shape index (κ3) is 5.69. The Morgan fingerprint density at radius 3 is 2.48 bits per heavy atom. The first-order valence-electron chi connectivity index (χ1n) is 8.85. The summed E-state index contributed by atoms with van der Waals surface area (Å²) in [6.07, 6.45) is 3.66. The molecule has 1 amide bonds. The standard InChI is InChI=1S/C21H24N4O2/c1-24(2)14-15-27-20-10-8-19(9-11-20)23-21(26)18-6-4-17(5-7-18)16-25-13-3-12-22-25/h3-13H,14-16H2,1-2H3,(H,23,26). The summed E-state index contributed by atoms with van der Waals surface area (Å²) in [6.45, 7) is 2.17. The molecular formula is C21H24N4O2. The van der Waals surface area contributed by atoms with Gasteiger partial charge in [-0.25, -0.2) is 0 Å². The molecule has 1 N–H and O–H groups in total. The molecule has 0 saturated heterocycles. The highest BCUT2D eigenvalue weighted by atomic mass is 16.5. The van der Waals surface area contributed by atoms with E-state index in [4.69, 9.17) is 4.74 Å². The molecule has 3 aromatic rings. The number of likely N-dealkylation sites (N-methyl/N-ethyl adjacent to an activating group) is 1. The Balaban J connectivity index is 1.53. The van der Waals surface area contributed by atoms with Crippen molar-refractivity contribution in [2.45, 2.75) is 6.54 Å². The highest BCUT2D eigenvalue weighted by Crippen LogP contribution is 2.17. The molecule has 1 aromatic heterocycles. The predicted molar refractivity (Wildman–Crippen MR) is 106 cm³/mol. The minimum Gasteiger partial charge on any atom is -0.492 e. The van der Waals surface area contributed by atoms with Gasteiger partial charge in [0, 0.05) is 30.2 Å². The Labute approximate surface area is 159 Å². The second-order valence-electron chi connectivity index (χ2n) is 6.53. The van der Waals surface area contributed by atoms with E-state index >= 15 is 0 Å². The van der Waals surface area contributed by atoms with Crippen molar-refractivity contribution in [3.8, 4) is 5.75 Å². The summed E-state index contributed by atoms with van der Waals surface area (Å²) in [5.74, 6) is 0.653. The lowest BCUT2D eigenvalue weighted by Crippen LogP contribution is -2.19. The van der Waals surface area contributed by atoms with Crippen LogP contribution in [0.15, 0.2) is 67.0 Å². The maximum absolute atomic E-state index is 12.4. The lowest BCUT2D eigenvalue weighted by atomic mass is 10.1. The molecule has 0 bridgehead atoms. The second kappa shape index (κ2) is 9.00. The Morgan fingerprint density at radius 2 is 1.85 bits per heavy atom. The van der Waals surface area contributed by atoms with Crippen LogP contribution in [0.5, 0.6) is 5.75 Å². The van der Waals surface area contributed by atoms with Gasteiger partial charge in [0.15, 0.2) is 0 Å². The predicted octanol–water partition coefficient (Wildman–Crippen LogP) is 3.12. The quantitative estimate of drug-likeness (QED) is 0.667. The molecule has 27 heavy (non-hydrogen) atoms. The zero-order valence-corrected chi connectivity index (χ0v) is 15.6. The van der Waals surface area contributed by atoms with Gasteiger partial charge in [0.1, 0.15) is 12.4 Å². The van der Waals surface area contributed by atoms with Gasteiger partial charge in [-0.2, -0.15) is 5.10 Å². The van der Waals surface area contributed by atoms with E-state index in [1.54, 1.807) is 6.20 Å². The zero-order chi connectivity index (χ0) is 19.1. The summed E-state index contributed by atoms with van der Waals surface area (Å²) in [5.41, 5.74) is 2.44. The summed E-state index contributed by atoms with van der Waals surface area (Å²) in [6, 6.07) is 16.8. The number of benzene rings is 2. The highest BCUT2D eigenvalue weighted by Gasteiger charge is 2.07. The largest absolute Gasteiger partial charge is 0.492 e. The topological polar surface area (TPSA) is 59.4 Å². The van der Waals surface area contributed by atoms with E-state index in [0.717, 1.165) is 23.5 Å². The summed E-state index contributed by atoms with van der Waals surface area (Å²) in [4.78, 5) is 14.5. The fourth-order valence-electron chi connectivity index (χ4n) is 2.53. The van der Waals surface area contributed by atoms with Gasteiger partial charge in [0.05, 0.1) is 6.54 Å². The van der Waals surface area contributed by atoms with Gasteiger partial charge in [-0.1, -0.05) is 12.1 Å². The van der Waals surface area contributed by atoms with E-state index in [1.165, 1.54) is 0 Å². The van der Waals surface area contributed by atoms with Crippen molar-refractivity contribution in [2.75, 3.05) is 32.6 Å². The van der Waals surface area contributed by atoms with E-state index < -0.39 is 0 Å². The van der Waals surface area contributed by atoms with Gasteiger partial charge < -0.3 is 15.0 Å². The summed E-state index contributed by atoms with van der Waals surface area (Å²) >= 11 is 0. The van der Waals surface area contributed by atoms with Gasteiger partial charge in [0.2, 0.25) is 0 Å². The van der Waals surface area contributed by atoms with Crippen LogP contribution in [0.3, 0.4) is 0 Å². The van der Waals surface area contributed by atoms with Crippen molar-refractivity contribution >= 4 is 11.6 Å². The molecule has 0 fully saturated rings. The minimum atomic E-state index is -0.137. The molecule has 0 unspecified atom stereocenters. The first-order chi connectivity index (χ1) is 13.1. The van der Waals surface area contributed by atoms with Crippen LogP contribution in [0, 0.1) is 0 Å². The lowest BCUT2D eigenvalue weighted by Gasteiger charge is -2.11. The van der Waals surface area contributed by atoms with Crippen LogP contribution in [0.4, 0.5) is 5.69 Å². The zero-order valence-electron chi connectivity index (χ0n) is 15.6. The molecule has 2 aromatic carbocycles. The number of ether oxygens (including phenoxy) is 1. The number of carbonyl (C=O) groups is 1. The van der Waals surface area contributed by atoms with Crippen molar-refractivity contribution in [3.63, 3.8) is 0 Å². The maximum atomic E-state index is 12.4.